The van der Waals surface area contributed by atoms with Crippen molar-refractivity contribution < 1.29 is 9.21 Å². The lowest BCUT2D eigenvalue weighted by molar-refractivity contribution is 0.0897. The van der Waals surface area contributed by atoms with Gasteiger partial charge in [-0.15, -0.1) is 0 Å². The van der Waals surface area contributed by atoms with Crippen LogP contribution in [0.2, 0.25) is 0 Å². The van der Waals surface area contributed by atoms with Crippen LogP contribution >= 0.6 is 15.9 Å². The molecule has 1 aliphatic rings. The number of hydrogen-bond acceptors (Lipinski definition) is 3. The average molecular weight is 377 g/mol. The van der Waals surface area contributed by atoms with Gasteiger partial charge in [0, 0.05) is 25.7 Å². The Morgan fingerprint density at radius 2 is 2.09 bits per heavy atom. The van der Waals surface area contributed by atoms with Crippen molar-refractivity contribution in [1.82, 2.24) is 10.2 Å². The van der Waals surface area contributed by atoms with Crippen molar-refractivity contribution in [2.24, 2.45) is 0 Å². The maximum absolute atomic E-state index is 12.1. The molecule has 4 nitrogen and oxygen atoms in total. The molecule has 0 spiro atoms. The number of furan rings is 1. The van der Waals surface area contributed by atoms with Crippen molar-refractivity contribution in [2.45, 2.75) is 32.4 Å². The Labute approximate surface area is 145 Å². The van der Waals surface area contributed by atoms with Crippen molar-refractivity contribution in [2.75, 3.05) is 13.1 Å². The lowest BCUT2D eigenvalue weighted by Gasteiger charge is -2.35. The first kappa shape index (κ1) is 16.3. The molecule has 0 aliphatic carbocycles. The van der Waals surface area contributed by atoms with E-state index in [2.05, 4.69) is 57.3 Å². The average Bonchev–Trinajstić information content (AvgIpc) is 3.01. The van der Waals surface area contributed by atoms with Gasteiger partial charge in [0.15, 0.2) is 10.4 Å². The van der Waals surface area contributed by atoms with Gasteiger partial charge in [0.1, 0.15) is 0 Å². The zero-order chi connectivity index (χ0) is 16.2. The fraction of sp³-hybridized carbons (Fsp3) is 0.389. The molecule has 5 heteroatoms. The third-order valence-corrected chi connectivity index (χ3v) is 4.87. The molecule has 1 N–H and O–H groups in total. The number of nitrogens with zero attached hydrogens (tertiary/aromatic N) is 1. The van der Waals surface area contributed by atoms with Crippen LogP contribution in [0.25, 0.3) is 0 Å². The van der Waals surface area contributed by atoms with E-state index in [9.17, 15) is 4.79 Å². The van der Waals surface area contributed by atoms with Crippen LogP contribution in [0, 0.1) is 0 Å². The summed E-state index contributed by atoms with van der Waals surface area (Å²) in [5, 5.41) is 2.99. The highest BCUT2D eigenvalue weighted by Gasteiger charge is 2.23. The van der Waals surface area contributed by atoms with E-state index in [1.807, 2.05) is 0 Å². The molecule has 0 fully saturated rings. The van der Waals surface area contributed by atoms with Gasteiger partial charge < -0.3 is 9.73 Å². The summed E-state index contributed by atoms with van der Waals surface area (Å²) in [5.74, 6) is 0.183. The van der Waals surface area contributed by atoms with Crippen molar-refractivity contribution in [3.05, 3.63) is 58.0 Å². The molecule has 23 heavy (non-hydrogen) atoms. The summed E-state index contributed by atoms with van der Waals surface area (Å²) in [5.41, 5.74) is 2.85. The summed E-state index contributed by atoms with van der Waals surface area (Å²) >= 11 is 3.22. The summed E-state index contributed by atoms with van der Waals surface area (Å²) in [6, 6.07) is 12.4. The van der Waals surface area contributed by atoms with Gasteiger partial charge in [-0.1, -0.05) is 31.2 Å². The molecule has 1 aromatic carbocycles. The van der Waals surface area contributed by atoms with E-state index in [4.69, 9.17) is 4.42 Å². The molecular weight excluding hydrogens is 356 g/mol. The van der Waals surface area contributed by atoms with Crippen molar-refractivity contribution in [3.8, 4) is 0 Å². The summed E-state index contributed by atoms with van der Waals surface area (Å²) in [6.45, 7) is 4.80. The zero-order valence-corrected chi connectivity index (χ0v) is 14.8. The molecule has 0 radical (unpaired) electrons. The number of fused-ring (bicyclic) bond motifs is 1. The van der Waals surface area contributed by atoms with E-state index >= 15 is 0 Å². The van der Waals surface area contributed by atoms with E-state index in [0.29, 0.717) is 23.0 Å². The van der Waals surface area contributed by atoms with Gasteiger partial charge in [-0.3, -0.25) is 9.69 Å². The highest BCUT2D eigenvalue weighted by Crippen LogP contribution is 2.21. The Morgan fingerprint density at radius 3 is 2.78 bits per heavy atom. The van der Waals surface area contributed by atoms with Gasteiger partial charge in [-0.2, -0.15) is 0 Å². The second-order valence-electron chi connectivity index (χ2n) is 5.87. The minimum absolute atomic E-state index is 0.161. The number of rotatable bonds is 5. The highest BCUT2D eigenvalue weighted by molar-refractivity contribution is 9.10. The molecule has 1 amide bonds. The molecule has 0 unspecified atom stereocenters. The molecule has 1 aromatic heterocycles. The molecule has 1 aliphatic heterocycles. The molecule has 2 heterocycles. The molecule has 0 saturated carbocycles. The third-order valence-electron chi connectivity index (χ3n) is 4.44. The zero-order valence-electron chi connectivity index (χ0n) is 13.2. The SMILES string of the molecule is CC[C@H](CNC(=O)c1ccc(Br)o1)N1CCc2ccccc2C1. The van der Waals surface area contributed by atoms with Crippen LogP contribution in [-0.2, 0) is 13.0 Å². The maximum Gasteiger partial charge on any atom is 0.287 e. The quantitative estimate of drug-likeness (QED) is 0.866. The van der Waals surface area contributed by atoms with Crippen LogP contribution in [0.5, 0.6) is 0 Å². The van der Waals surface area contributed by atoms with Crippen molar-refractivity contribution in [1.29, 1.82) is 0 Å². The minimum atomic E-state index is -0.161. The first-order valence-corrected chi connectivity index (χ1v) is 8.81. The standard InChI is InChI=1S/C18H21BrN2O2/c1-2-15(11-20-18(22)16-7-8-17(19)23-16)21-10-9-13-5-3-4-6-14(13)12-21/h3-8,15H,2,9-12H2,1H3,(H,20,22)/t15-/m1/s1. The van der Waals surface area contributed by atoms with Gasteiger partial charge in [0.25, 0.3) is 5.91 Å². The van der Waals surface area contributed by atoms with Crippen LogP contribution in [0.15, 0.2) is 45.5 Å². The largest absolute Gasteiger partial charge is 0.444 e. The fourth-order valence-electron chi connectivity index (χ4n) is 3.09. The second kappa shape index (κ2) is 7.32. The lowest BCUT2D eigenvalue weighted by Crippen LogP contribution is -2.45. The predicted molar refractivity (Wildman–Crippen MR) is 93.4 cm³/mol. The molecule has 0 saturated heterocycles. The normalized spacial score (nSPS) is 15.9. The minimum Gasteiger partial charge on any atom is -0.444 e. The summed E-state index contributed by atoms with van der Waals surface area (Å²) in [6.07, 6.45) is 2.08. The van der Waals surface area contributed by atoms with Crippen LogP contribution in [0.1, 0.15) is 35.0 Å². The molecule has 1 atom stereocenters. The smallest absolute Gasteiger partial charge is 0.287 e. The third kappa shape index (κ3) is 3.85. The molecular formula is C18H21BrN2O2. The van der Waals surface area contributed by atoms with E-state index in [0.717, 1.165) is 25.9 Å². The number of nitrogens with one attached hydrogen (secondary N) is 1. The van der Waals surface area contributed by atoms with Crippen LogP contribution in [0.4, 0.5) is 0 Å². The van der Waals surface area contributed by atoms with Crippen molar-refractivity contribution >= 4 is 21.8 Å². The maximum atomic E-state index is 12.1. The van der Waals surface area contributed by atoms with Crippen LogP contribution in [-0.4, -0.2) is 29.9 Å². The lowest BCUT2D eigenvalue weighted by atomic mass is 9.98. The molecule has 0 bridgehead atoms. The number of amides is 1. The number of carbonyl (C=O) groups excluding carboxylic acids is 1. The summed E-state index contributed by atoms with van der Waals surface area (Å²) < 4.78 is 5.87. The summed E-state index contributed by atoms with van der Waals surface area (Å²) in [7, 11) is 0. The number of carbonyl (C=O) groups is 1. The molecule has 3 rings (SSSR count). The second-order valence-corrected chi connectivity index (χ2v) is 6.65. The Bertz CT molecular complexity index is 683. The fourth-order valence-corrected chi connectivity index (χ4v) is 3.40. The van der Waals surface area contributed by atoms with Crippen LogP contribution < -0.4 is 5.32 Å². The molecule has 122 valence electrons. The number of hydrogen-bond donors (Lipinski definition) is 1. The van der Waals surface area contributed by atoms with E-state index < -0.39 is 0 Å². The monoisotopic (exact) mass is 376 g/mol. The Kier molecular flexibility index (Phi) is 5.18. The van der Waals surface area contributed by atoms with E-state index in [-0.39, 0.29) is 5.91 Å². The van der Waals surface area contributed by atoms with Gasteiger partial charge in [0.05, 0.1) is 0 Å². The van der Waals surface area contributed by atoms with Crippen LogP contribution in [0.3, 0.4) is 0 Å². The van der Waals surface area contributed by atoms with E-state index in [1.165, 1.54) is 11.1 Å². The number of halogens is 1. The van der Waals surface area contributed by atoms with Gasteiger partial charge in [-0.05, 0) is 52.0 Å². The molecule has 2 aromatic rings. The Balaban J connectivity index is 1.59. The first-order chi connectivity index (χ1) is 11.2. The highest BCUT2D eigenvalue weighted by atomic mass is 79.9. The van der Waals surface area contributed by atoms with Gasteiger partial charge in [-0.25, -0.2) is 0 Å². The first-order valence-electron chi connectivity index (χ1n) is 8.01. The van der Waals surface area contributed by atoms with Gasteiger partial charge >= 0.3 is 0 Å². The van der Waals surface area contributed by atoms with Crippen molar-refractivity contribution in [3.63, 3.8) is 0 Å². The predicted octanol–water partition coefficient (Wildman–Crippen LogP) is 3.61. The van der Waals surface area contributed by atoms with E-state index in [1.54, 1.807) is 12.1 Å². The summed E-state index contributed by atoms with van der Waals surface area (Å²) in [4.78, 5) is 14.6. The topological polar surface area (TPSA) is 45.5 Å². The number of benzene rings is 1. The Hall–Kier alpha value is -1.59. The van der Waals surface area contributed by atoms with Gasteiger partial charge in [0.2, 0.25) is 0 Å². The Morgan fingerprint density at radius 1 is 1.30 bits per heavy atom.